The third kappa shape index (κ3) is 8.19. The van der Waals surface area contributed by atoms with E-state index in [1.54, 1.807) is 24.3 Å². The van der Waals surface area contributed by atoms with Crippen LogP contribution in [0.15, 0.2) is 42.9 Å². The molecule has 0 fully saturated rings. The summed E-state index contributed by atoms with van der Waals surface area (Å²) in [4.78, 5) is 43.9. The number of unbranched alkanes of at least 4 members (excludes halogenated alkanes) is 1. The van der Waals surface area contributed by atoms with E-state index in [-0.39, 0.29) is 12.8 Å². The van der Waals surface area contributed by atoms with Crippen LogP contribution in [0.1, 0.15) is 30.5 Å². The minimum Gasteiger partial charge on any atom is -0.480 e. The Hall–Kier alpha value is -3.24. The summed E-state index contributed by atoms with van der Waals surface area (Å²) >= 11 is 0. The van der Waals surface area contributed by atoms with E-state index < -0.39 is 35.9 Å². The normalized spacial score (nSPS) is 13.7. The number of imidazole rings is 1. The molecule has 8 N–H and O–H groups in total. The lowest BCUT2D eigenvalue weighted by atomic mass is 10.0. The lowest BCUT2D eigenvalue weighted by molar-refractivity contribution is -0.142. The van der Waals surface area contributed by atoms with E-state index in [0.29, 0.717) is 25.1 Å². The molecule has 10 nitrogen and oxygen atoms in total. The number of aliphatic carboxylic acids is 1. The molecule has 1 aromatic heterocycles. The number of carboxylic acid groups (broad SMARTS) is 1. The summed E-state index contributed by atoms with van der Waals surface area (Å²) in [6, 6.07) is 6.04. The summed E-state index contributed by atoms with van der Waals surface area (Å²) < 4.78 is 0. The fourth-order valence-electron chi connectivity index (χ4n) is 3.07. The first-order chi connectivity index (χ1) is 14.9. The average Bonchev–Trinajstić information content (AvgIpc) is 3.26. The number of carbonyl (C=O) groups is 3. The van der Waals surface area contributed by atoms with Gasteiger partial charge in [0, 0.05) is 24.7 Å². The highest BCUT2D eigenvalue weighted by Crippen LogP contribution is 2.06. The summed E-state index contributed by atoms with van der Waals surface area (Å²) in [6.07, 6.45) is 5.11. The Balaban J connectivity index is 2.07. The van der Waals surface area contributed by atoms with Crippen molar-refractivity contribution < 1.29 is 19.5 Å². The number of amides is 2. The number of nitrogens with one attached hydrogen (secondary N) is 3. The maximum Gasteiger partial charge on any atom is 0.326 e. The number of aromatic nitrogens is 2. The summed E-state index contributed by atoms with van der Waals surface area (Å²) in [6.45, 7) is 0.511. The number of aromatic amines is 1. The van der Waals surface area contributed by atoms with Crippen molar-refractivity contribution in [3.05, 3.63) is 54.1 Å². The number of nitrogens with zero attached hydrogens (tertiary/aromatic N) is 1. The van der Waals surface area contributed by atoms with Gasteiger partial charge in [0.15, 0.2) is 0 Å². The molecule has 2 aromatic rings. The van der Waals surface area contributed by atoms with Gasteiger partial charge in [-0.3, -0.25) is 9.59 Å². The molecule has 2 rings (SSSR count). The molecule has 0 spiro atoms. The van der Waals surface area contributed by atoms with Gasteiger partial charge in [-0.2, -0.15) is 0 Å². The van der Waals surface area contributed by atoms with Gasteiger partial charge in [-0.05, 0) is 24.9 Å². The van der Waals surface area contributed by atoms with Crippen molar-refractivity contribution in [3.8, 4) is 0 Å². The zero-order chi connectivity index (χ0) is 22.6. The maximum absolute atomic E-state index is 12.9. The third-order valence-electron chi connectivity index (χ3n) is 4.82. The molecule has 1 aromatic carbocycles. The highest BCUT2D eigenvalue weighted by molar-refractivity contribution is 5.92. The van der Waals surface area contributed by atoms with E-state index in [9.17, 15) is 19.5 Å². The van der Waals surface area contributed by atoms with Crippen LogP contribution in [-0.4, -0.2) is 57.5 Å². The highest BCUT2D eigenvalue weighted by atomic mass is 16.4. The van der Waals surface area contributed by atoms with Crippen molar-refractivity contribution in [2.75, 3.05) is 6.54 Å². The quantitative estimate of drug-likeness (QED) is 0.236. The molecule has 0 radical (unpaired) electrons. The molecule has 10 heteroatoms. The Morgan fingerprint density at radius 2 is 1.74 bits per heavy atom. The molecule has 0 aliphatic carbocycles. The van der Waals surface area contributed by atoms with Crippen LogP contribution in [0.2, 0.25) is 0 Å². The fraction of sp³-hybridized carbons (Fsp3) is 0.429. The lowest BCUT2D eigenvalue weighted by Crippen LogP contribution is -2.55. The van der Waals surface area contributed by atoms with E-state index >= 15 is 0 Å². The first-order valence-corrected chi connectivity index (χ1v) is 10.2. The van der Waals surface area contributed by atoms with Crippen LogP contribution >= 0.6 is 0 Å². The summed E-state index contributed by atoms with van der Waals surface area (Å²) in [5.74, 6) is -2.26. The predicted octanol–water partition coefficient (Wildman–Crippen LogP) is -0.295. The van der Waals surface area contributed by atoms with Crippen molar-refractivity contribution in [3.63, 3.8) is 0 Å². The van der Waals surface area contributed by atoms with Gasteiger partial charge in [-0.1, -0.05) is 36.8 Å². The summed E-state index contributed by atoms with van der Waals surface area (Å²) in [5, 5.41) is 14.7. The molecule has 168 valence electrons. The van der Waals surface area contributed by atoms with Crippen molar-refractivity contribution in [1.82, 2.24) is 20.6 Å². The van der Waals surface area contributed by atoms with Gasteiger partial charge in [-0.15, -0.1) is 0 Å². The molecule has 2 amide bonds. The standard InChI is InChI=1S/C21H30N6O4/c22-9-5-4-8-16(23)19(28)26-17(11-15-12-24-13-25-15)20(29)27-18(21(30)31)10-14-6-2-1-3-7-14/h1-3,6-7,12-13,16-18H,4-5,8-11,22-23H2,(H,24,25)(H,26,28)(H,27,29)(H,30,31). The monoisotopic (exact) mass is 430 g/mol. The number of carboxylic acids is 1. The molecule has 3 unspecified atom stereocenters. The van der Waals surface area contributed by atoms with Gasteiger partial charge in [0.05, 0.1) is 12.4 Å². The zero-order valence-electron chi connectivity index (χ0n) is 17.3. The van der Waals surface area contributed by atoms with Crippen LogP contribution < -0.4 is 22.1 Å². The van der Waals surface area contributed by atoms with E-state index in [2.05, 4.69) is 20.6 Å². The van der Waals surface area contributed by atoms with Crippen LogP contribution in [0.3, 0.4) is 0 Å². The van der Waals surface area contributed by atoms with Crippen LogP contribution in [0.5, 0.6) is 0 Å². The summed E-state index contributed by atoms with van der Waals surface area (Å²) in [7, 11) is 0. The first-order valence-electron chi connectivity index (χ1n) is 10.2. The van der Waals surface area contributed by atoms with Gasteiger partial charge in [0.1, 0.15) is 12.1 Å². The van der Waals surface area contributed by atoms with Crippen LogP contribution in [-0.2, 0) is 27.2 Å². The minimum atomic E-state index is -1.16. The minimum absolute atomic E-state index is 0.116. The second kappa shape index (κ2) is 12.5. The van der Waals surface area contributed by atoms with Gasteiger partial charge in [0.25, 0.3) is 0 Å². The van der Waals surface area contributed by atoms with Gasteiger partial charge in [0.2, 0.25) is 11.8 Å². The Kier molecular flexibility index (Phi) is 9.66. The van der Waals surface area contributed by atoms with Crippen LogP contribution in [0.4, 0.5) is 0 Å². The molecule has 0 bridgehead atoms. The zero-order valence-corrected chi connectivity index (χ0v) is 17.3. The smallest absolute Gasteiger partial charge is 0.326 e. The lowest BCUT2D eigenvalue weighted by Gasteiger charge is -2.22. The highest BCUT2D eigenvalue weighted by Gasteiger charge is 2.28. The topological polar surface area (TPSA) is 176 Å². The molecule has 0 saturated carbocycles. The second-order valence-electron chi connectivity index (χ2n) is 7.32. The van der Waals surface area contributed by atoms with Gasteiger partial charge >= 0.3 is 5.97 Å². The Morgan fingerprint density at radius 1 is 1.03 bits per heavy atom. The predicted molar refractivity (Wildman–Crippen MR) is 115 cm³/mol. The molecule has 31 heavy (non-hydrogen) atoms. The van der Waals surface area contributed by atoms with E-state index in [1.165, 1.54) is 12.5 Å². The van der Waals surface area contributed by atoms with Crippen molar-refractivity contribution in [1.29, 1.82) is 0 Å². The molecule has 0 aliphatic rings. The summed E-state index contributed by atoms with van der Waals surface area (Å²) in [5.41, 5.74) is 12.8. The number of rotatable bonds is 13. The Bertz CT molecular complexity index is 828. The molecule has 0 saturated heterocycles. The number of carbonyl (C=O) groups excluding carboxylic acids is 2. The maximum atomic E-state index is 12.9. The Labute approximate surface area is 180 Å². The third-order valence-corrected chi connectivity index (χ3v) is 4.82. The first kappa shape index (κ1) is 24.0. The Morgan fingerprint density at radius 3 is 2.35 bits per heavy atom. The van der Waals surface area contributed by atoms with E-state index in [0.717, 1.165) is 12.0 Å². The second-order valence-corrected chi connectivity index (χ2v) is 7.32. The van der Waals surface area contributed by atoms with E-state index in [4.69, 9.17) is 11.5 Å². The molecular formula is C21H30N6O4. The van der Waals surface area contributed by atoms with Gasteiger partial charge < -0.3 is 32.2 Å². The molecule has 1 heterocycles. The van der Waals surface area contributed by atoms with E-state index in [1.807, 2.05) is 6.07 Å². The number of hydrogen-bond donors (Lipinski definition) is 6. The molecular weight excluding hydrogens is 400 g/mol. The molecule has 0 aliphatic heterocycles. The molecule has 3 atom stereocenters. The number of nitrogens with two attached hydrogens (primary N) is 2. The van der Waals surface area contributed by atoms with Crippen molar-refractivity contribution >= 4 is 17.8 Å². The van der Waals surface area contributed by atoms with Crippen molar-refractivity contribution in [2.24, 2.45) is 11.5 Å². The largest absolute Gasteiger partial charge is 0.480 e. The fourth-order valence-corrected chi connectivity index (χ4v) is 3.07. The van der Waals surface area contributed by atoms with Crippen LogP contribution in [0, 0.1) is 0 Å². The number of H-pyrrole nitrogens is 1. The SMILES string of the molecule is NCCCCC(N)C(=O)NC(Cc1cnc[nH]1)C(=O)NC(Cc1ccccc1)C(=O)O. The van der Waals surface area contributed by atoms with Crippen molar-refractivity contribution in [2.45, 2.75) is 50.2 Å². The number of hydrogen-bond acceptors (Lipinski definition) is 6. The van der Waals surface area contributed by atoms with Gasteiger partial charge in [-0.25, -0.2) is 9.78 Å². The number of benzene rings is 1. The van der Waals surface area contributed by atoms with Crippen LogP contribution in [0.25, 0.3) is 0 Å². The average molecular weight is 431 g/mol.